The Bertz CT molecular complexity index is 590. The van der Waals surface area contributed by atoms with Crippen molar-refractivity contribution in [2.75, 3.05) is 6.54 Å². The molecule has 1 heterocycles. The Morgan fingerprint density at radius 1 is 1.41 bits per heavy atom. The summed E-state index contributed by atoms with van der Waals surface area (Å²) in [6.07, 6.45) is 1.39. The van der Waals surface area contributed by atoms with Gasteiger partial charge in [0.25, 0.3) is 5.91 Å². The molecule has 0 aliphatic rings. The van der Waals surface area contributed by atoms with Gasteiger partial charge in [0.1, 0.15) is 23.4 Å². The van der Waals surface area contributed by atoms with E-state index in [1.54, 1.807) is 6.07 Å². The average molecular weight is 235 g/mol. The number of benzene rings is 1. The van der Waals surface area contributed by atoms with Gasteiger partial charge >= 0.3 is 5.97 Å². The van der Waals surface area contributed by atoms with Crippen molar-refractivity contribution in [2.45, 2.75) is 0 Å². The quantitative estimate of drug-likeness (QED) is 0.601. The Morgan fingerprint density at radius 3 is 2.88 bits per heavy atom. The van der Waals surface area contributed by atoms with E-state index in [1.165, 1.54) is 12.4 Å². The minimum absolute atomic E-state index is 0.0370. The first-order valence-corrected chi connectivity index (χ1v) is 4.74. The number of hydrogen-bond donors (Lipinski definition) is 4. The van der Waals surface area contributed by atoms with Crippen LogP contribution in [0, 0.1) is 0 Å². The molecule has 0 saturated heterocycles. The fourth-order valence-electron chi connectivity index (χ4n) is 1.47. The minimum atomic E-state index is -1.16. The molecule has 7 heteroatoms. The zero-order valence-corrected chi connectivity index (χ0v) is 8.60. The number of amides is 1. The minimum Gasteiger partial charge on any atom is -0.507 e. The molecule has 7 nitrogen and oxygen atoms in total. The molecule has 17 heavy (non-hydrogen) atoms. The normalized spacial score (nSPS) is 10.4. The van der Waals surface area contributed by atoms with E-state index in [4.69, 9.17) is 5.11 Å². The van der Waals surface area contributed by atoms with Crippen LogP contribution in [0.5, 0.6) is 5.75 Å². The number of nitrogens with zero attached hydrogens (tertiary/aromatic N) is 1. The van der Waals surface area contributed by atoms with E-state index in [0.717, 1.165) is 0 Å². The molecule has 0 fully saturated rings. The number of hydrogen-bond acceptors (Lipinski definition) is 4. The molecule has 2 rings (SSSR count). The molecule has 1 aromatic heterocycles. The largest absolute Gasteiger partial charge is 0.507 e. The molecule has 0 bridgehead atoms. The average Bonchev–Trinajstić information content (AvgIpc) is 2.73. The maximum atomic E-state index is 11.7. The van der Waals surface area contributed by atoms with E-state index in [9.17, 15) is 14.7 Å². The lowest BCUT2D eigenvalue weighted by molar-refractivity contribution is -0.135. The van der Waals surface area contributed by atoms with Crippen molar-refractivity contribution in [3.05, 3.63) is 24.0 Å². The summed E-state index contributed by atoms with van der Waals surface area (Å²) in [5.74, 6) is -2.08. The number of phenols is 1. The second-order valence-corrected chi connectivity index (χ2v) is 3.33. The van der Waals surface area contributed by atoms with Gasteiger partial charge in [-0.25, -0.2) is 4.98 Å². The number of nitrogens with one attached hydrogen (secondary N) is 2. The third kappa shape index (κ3) is 2.03. The Morgan fingerprint density at radius 2 is 2.18 bits per heavy atom. The SMILES string of the molecule is O=C(O)CNC(=O)c1c(O)ccc2[nH]cnc12. The van der Waals surface area contributed by atoms with Crippen molar-refractivity contribution in [2.24, 2.45) is 0 Å². The van der Waals surface area contributed by atoms with Crippen molar-refractivity contribution in [1.82, 2.24) is 15.3 Å². The number of aliphatic carboxylic acids is 1. The lowest BCUT2D eigenvalue weighted by Gasteiger charge is -2.05. The maximum absolute atomic E-state index is 11.7. The molecule has 2 aromatic rings. The van der Waals surface area contributed by atoms with E-state index in [2.05, 4.69) is 15.3 Å². The first-order chi connectivity index (χ1) is 8.09. The summed E-state index contributed by atoms with van der Waals surface area (Å²) >= 11 is 0. The van der Waals surface area contributed by atoms with E-state index in [0.29, 0.717) is 11.0 Å². The number of carbonyl (C=O) groups excluding carboxylic acids is 1. The molecular weight excluding hydrogens is 226 g/mol. The predicted molar refractivity (Wildman–Crippen MR) is 57.7 cm³/mol. The molecule has 88 valence electrons. The van der Waals surface area contributed by atoms with Gasteiger partial charge in [0.05, 0.1) is 11.8 Å². The van der Waals surface area contributed by atoms with Gasteiger partial charge in [0, 0.05) is 0 Å². The standard InChI is InChI=1S/C10H9N3O4/c14-6-2-1-5-9(13-4-12-5)8(6)10(17)11-3-7(15)16/h1-2,4,14H,3H2,(H,11,17)(H,12,13)(H,15,16). The van der Waals surface area contributed by atoms with Crippen LogP contribution in [0.15, 0.2) is 18.5 Å². The number of rotatable bonds is 3. The van der Waals surface area contributed by atoms with E-state index < -0.39 is 18.4 Å². The number of carboxylic acid groups (broad SMARTS) is 1. The van der Waals surface area contributed by atoms with E-state index in [-0.39, 0.29) is 11.3 Å². The van der Waals surface area contributed by atoms with Gasteiger partial charge in [-0.2, -0.15) is 0 Å². The Labute approximate surface area is 95.1 Å². The highest BCUT2D eigenvalue weighted by atomic mass is 16.4. The number of phenolic OH excluding ortho intramolecular Hbond substituents is 1. The number of aromatic amines is 1. The highest BCUT2D eigenvalue weighted by molar-refractivity contribution is 6.07. The molecule has 1 aromatic carbocycles. The lowest BCUT2D eigenvalue weighted by Crippen LogP contribution is -2.29. The fraction of sp³-hybridized carbons (Fsp3) is 0.100. The number of carboxylic acids is 1. The van der Waals surface area contributed by atoms with Crippen LogP contribution < -0.4 is 5.32 Å². The van der Waals surface area contributed by atoms with Gasteiger partial charge in [-0.15, -0.1) is 0 Å². The summed E-state index contributed by atoms with van der Waals surface area (Å²) in [5, 5.41) is 20.2. The van der Waals surface area contributed by atoms with Gasteiger partial charge in [0.15, 0.2) is 0 Å². The van der Waals surface area contributed by atoms with Crippen molar-refractivity contribution < 1.29 is 19.8 Å². The fourth-order valence-corrected chi connectivity index (χ4v) is 1.47. The van der Waals surface area contributed by atoms with Gasteiger partial charge in [-0.05, 0) is 12.1 Å². The number of imidazole rings is 1. The number of fused-ring (bicyclic) bond motifs is 1. The van der Waals surface area contributed by atoms with Crippen LogP contribution in [0.3, 0.4) is 0 Å². The van der Waals surface area contributed by atoms with Crippen molar-refractivity contribution in [3.8, 4) is 5.75 Å². The molecule has 0 aliphatic heterocycles. The van der Waals surface area contributed by atoms with Crippen LogP contribution in [0.25, 0.3) is 11.0 Å². The lowest BCUT2D eigenvalue weighted by atomic mass is 10.1. The van der Waals surface area contributed by atoms with E-state index >= 15 is 0 Å². The molecular formula is C10H9N3O4. The summed E-state index contributed by atoms with van der Waals surface area (Å²) in [6.45, 7) is -0.515. The molecule has 0 saturated carbocycles. The molecule has 0 radical (unpaired) electrons. The number of aromatic hydroxyl groups is 1. The Hall–Kier alpha value is -2.57. The topological polar surface area (TPSA) is 115 Å². The Balaban J connectivity index is 2.39. The van der Waals surface area contributed by atoms with Crippen LogP contribution in [0.1, 0.15) is 10.4 Å². The van der Waals surface area contributed by atoms with Crippen molar-refractivity contribution in [1.29, 1.82) is 0 Å². The van der Waals surface area contributed by atoms with E-state index in [1.807, 2.05) is 0 Å². The molecule has 0 unspecified atom stereocenters. The molecule has 4 N–H and O–H groups in total. The maximum Gasteiger partial charge on any atom is 0.322 e. The second kappa shape index (κ2) is 4.12. The zero-order chi connectivity index (χ0) is 12.4. The van der Waals surface area contributed by atoms with Gasteiger partial charge < -0.3 is 20.5 Å². The molecule has 0 aliphatic carbocycles. The van der Waals surface area contributed by atoms with Crippen molar-refractivity contribution in [3.63, 3.8) is 0 Å². The zero-order valence-electron chi connectivity index (χ0n) is 8.60. The summed E-state index contributed by atoms with van der Waals surface area (Å²) in [6, 6.07) is 2.92. The Kier molecular flexibility index (Phi) is 2.65. The highest BCUT2D eigenvalue weighted by Crippen LogP contribution is 2.24. The number of H-pyrrole nitrogens is 1. The van der Waals surface area contributed by atoms with Crippen molar-refractivity contribution >= 4 is 22.9 Å². The van der Waals surface area contributed by atoms with Crippen LogP contribution in [0.2, 0.25) is 0 Å². The third-order valence-electron chi connectivity index (χ3n) is 2.20. The summed E-state index contributed by atoms with van der Waals surface area (Å²) < 4.78 is 0. The molecule has 1 amide bonds. The highest BCUT2D eigenvalue weighted by Gasteiger charge is 2.17. The number of carbonyl (C=O) groups is 2. The van der Waals surface area contributed by atoms with Gasteiger partial charge in [-0.1, -0.05) is 0 Å². The first kappa shape index (κ1) is 10.9. The van der Waals surface area contributed by atoms with Crippen LogP contribution >= 0.6 is 0 Å². The summed E-state index contributed by atoms with van der Waals surface area (Å²) in [7, 11) is 0. The summed E-state index contributed by atoms with van der Waals surface area (Å²) in [4.78, 5) is 28.7. The smallest absolute Gasteiger partial charge is 0.322 e. The predicted octanol–water partition coefficient (Wildman–Crippen LogP) is 0.0829. The van der Waals surface area contributed by atoms with Crippen LogP contribution in [-0.4, -0.2) is 38.6 Å². The van der Waals surface area contributed by atoms with Crippen LogP contribution in [-0.2, 0) is 4.79 Å². The number of aromatic nitrogens is 2. The summed E-state index contributed by atoms with van der Waals surface area (Å²) in [5.41, 5.74) is 0.848. The monoisotopic (exact) mass is 235 g/mol. The van der Waals surface area contributed by atoms with Gasteiger partial charge in [0.2, 0.25) is 0 Å². The second-order valence-electron chi connectivity index (χ2n) is 3.33. The third-order valence-corrected chi connectivity index (χ3v) is 2.20. The van der Waals surface area contributed by atoms with Gasteiger partial charge in [-0.3, -0.25) is 9.59 Å². The molecule has 0 atom stereocenters. The molecule has 0 spiro atoms. The van der Waals surface area contributed by atoms with Crippen LogP contribution in [0.4, 0.5) is 0 Å². The first-order valence-electron chi connectivity index (χ1n) is 4.74.